The summed E-state index contributed by atoms with van der Waals surface area (Å²) in [7, 11) is 0. The summed E-state index contributed by atoms with van der Waals surface area (Å²) in [6, 6.07) is 0. The molecule has 0 aliphatic carbocycles. The molecule has 0 aromatic carbocycles. The van der Waals surface area contributed by atoms with E-state index in [1.807, 2.05) is 12.5 Å². The first-order valence-electron chi connectivity index (χ1n) is 3.31. The molecule has 0 aromatic rings. The molecule has 0 fully saturated rings. The zero-order valence-corrected chi connectivity index (χ0v) is 9.05. The maximum atomic E-state index is 8.03. The second kappa shape index (κ2) is 12.5. The lowest BCUT2D eigenvalue weighted by molar-refractivity contribution is 1.09. The molecule has 0 saturated heterocycles. The highest BCUT2D eigenvalue weighted by atomic mass is 32.2. The van der Waals surface area contributed by atoms with E-state index in [9.17, 15) is 0 Å². The van der Waals surface area contributed by atoms with Crippen LogP contribution in [0.5, 0.6) is 0 Å². The summed E-state index contributed by atoms with van der Waals surface area (Å²) >= 11 is 2.97. The Hall–Kier alpha value is -0.140. The lowest BCUT2D eigenvalue weighted by Gasteiger charge is -1.88. The predicted octanol–water partition coefficient (Wildman–Crippen LogP) is 2.97. The van der Waals surface area contributed by atoms with E-state index in [-0.39, 0.29) is 0 Å². The van der Waals surface area contributed by atoms with Crippen molar-refractivity contribution < 1.29 is 0 Å². The summed E-state index contributed by atoms with van der Waals surface area (Å²) in [5.41, 5.74) is 0. The topological polar surface area (TPSA) is 36.1 Å². The Morgan fingerprint density at radius 2 is 1.73 bits per heavy atom. The Labute approximate surface area is 77.5 Å². The summed E-state index contributed by atoms with van der Waals surface area (Å²) in [5.74, 6) is 0. The molecular weight excluding hydrogens is 176 g/mol. The largest absolute Gasteiger partial charge is 0.207 e. The lowest BCUT2D eigenvalue weighted by Crippen LogP contribution is -1.77. The SMILES string of the molecule is CCC.CSC(=NC#N)SC. The van der Waals surface area contributed by atoms with Crippen LogP contribution in [0.3, 0.4) is 0 Å². The van der Waals surface area contributed by atoms with E-state index in [2.05, 4.69) is 18.8 Å². The van der Waals surface area contributed by atoms with Gasteiger partial charge in [-0.25, -0.2) is 0 Å². The number of nitrogens with zero attached hydrogens (tertiary/aromatic N) is 2. The fourth-order valence-electron chi connectivity index (χ4n) is 0.215. The molecule has 0 N–H and O–H groups in total. The molecule has 0 heterocycles. The third-order valence-corrected chi connectivity index (χ3v) is 2.37. The summed E-state index contributed by atoms with van der Waals surface area (Å²) in [5, 5.41) is 8.03. The van der Waals surface area contributed by atoms with Gasteiger partial charge in [0.1, 0.15) is 4.38 Å². The van der Waals surface area contributed by atoms with Crippen molar-refractivity contribution in [2.75, 3.05) is 12.5 Å². The number of thioether (sulfide) groups is 2. The van der Waals surface area contributed by atoms with Crippen molar-refractivity contribution >= 4 is 27.9 Å². The third-order valence-electron chi connectivity index (χ3n) is 0.491. The van der Waals surface area contributed by atoms with Crippen LogP contribution in [0.4, 0.5) is 0 Å². The Balaban J connectivity index is 0. The van der Waals surface area contributed by atoms with Crippen LogP contribution in [0.15, 0.2) is 4.99 Å². The maximum Gasteiger partial charge on any atom is 0.207 e. The van der Waals surface area contributed by atoms with Crippen molar-refractivity contribution in [1.29, 1.82) is 5.26 Å². The molecule has 0 rings (SSSR count). The molecule has 0 aliphatic heterocycles. The maximum absolute atomic E-state index is 8.03. The molecule has 0 atom stereocenters. The molecule has 0 bridgehead atoms. The van der Waals surface area contributed by atoms with Crippen LogP contribution in [0.1, 0.15) is 20.3 Å². The fraction of sp³-hybridized carbons (Fsp3) is 0.714. The van der Waals surface area contributed by atoms with E-state index in [1.165, 1.54) is 29.9 Å². The summed E-state index contributed by atoms with van der Waals surface area (Å²) in [4.78, 5) is 3.51. The van der Waals surface area contributed by atoms with Crippen LogP contribution in [0.2, 0.25) is 0 Å². The molecule has 0 amide bonds. The molecule has 11 heavy (non-hydrogen) atoms. The van der Waals surface area contributed by atoms with E-state index in [4.69, 9.17) is 5.26 Å². The highest BCUT2D eigenvalue weighted by Gasteiger charge is 1.88. The molecule has 4 heteroatoms. The lowest BCUT2D eigenvalue weighted by atomic mass is 10.6. The molecule has 0 aliphatic rings. The first kappa shape index (κ1) is 13.4. The van der Waals surface area contributed by atoms with Gasteiger partial charge in [0, 0.05) is 0 Å². The highest BCUT2D eigenvalue weighted by Crippen LogP contribution is 2.09. The van der Waals surface area contributed by atoms with Crippen LogP contribution < -0.4 is 0 Å². The first-order valence-corrected chi connectivity index (χ1v) is 5.76. The minimum absolute atomic E-state index is 0.813. The van der Waals surface area contributed by atoms with Gasteiger partial charge < -0.3 is 0 Å². The minimum atomic E-state index is 0.813. The Bertz CT molecular complexity index is 132. The van der Waals surface area contributed by atoms with Crippen LogP contribution in [-0.2, 0) is 0 Å². The van der Waals surface area contributed by atoms with Gasteiger partial charge in [0.15, 0.2) is 0 Å². The van der Waals surface area contributed by atoms with Gasteiger partial charge in [-0.05, 0) is 12.5 Å². The summed E-state index contributed by atoms with van der Waals surface area (Å²) in [6.45, 7) is 4.25. The van der Waals surface area contributed by atoms with E-state index in [0.717, 1.165) is 4.38 Å². The van der Waals surface area contributed by atoms with E-state index < -0.39 is 0 Å². The van der Waals surface area contributed by atoms with Gasteiger partial charge >= 0.3 is 0 Å². The average molecular weight is 190 g/mol. The second-order valence-electron chi connectivity index (χ2n) is 1.59. The average Bonchev–Trinajstić information content (AvgIpc) is 2.02. The van der Waals surface area contributed by atoms with Gasteiger partial charge in [-0.1, -0.05) is 20.3 Å². The van der Waals surface area contributed by atoms with Crippen molar-refractivity contribution in [3.8, 4) is 6.19 Å². The van der Waals surface area contributed by atoms with Gasteiger partial charge in [0.05, 0.1) is 0 Å². The third kappa shape index (κ3) is 12.9. The van der Waals surface area contributed by atoms with E-state index >= 15 is 0 Å². The number of nitriles is 1. The van der Waals surface area contributed by atoms with Crippen LogP contribution >= 0.6 is 23.5 Å². The number of rotatable bonds is 0. The highest BCUT2D eigenvalue weighted by molar-refractivity contribution is 8.38. The second-order valence-corrected chi connectivity index (χ2v) is 3.44. The molecule has 0 radical (unpaired) electrons. The summed E-state index contributed by atoms with van der Waals surface area (Å²) in [6.07, 6.45) is 6.76. The number of hydrogen-bond donors (Lipinski definition) is 0. The van der Waals surface area contributed by atoms with Gasteiger partial charge in [0.2, 0.25) is 6.19 Å². The molecule has 0 spiro atoms. The zero-order chi connectivity index (χ0) is 9.11. The van der Waals surface area contributed by atoms with Gasteiger partial charge in [0.25, 0.3) is 0 Å². The molecular formula is C7H14N2S2. The molecule has 0 unspecified atom stereocenters. The van der Waals surface area contributed by atoms with Crippen molar-refractivity contribution in [2.45, 2.75) is 20.3 Å². The van der Waals surface area contributed by atoms with Crippen molar-refractivity contribution in [2.24, 2.45) is 4.99 Å². The molecule has 0 saturated carbocycles. The van der Waals surface area contributed by atoms with Gasteiger partial charge in [-0.2, -0.15) is 10.3 Å². The van der Waals surface area contributed by atoms with Crippen molar-refractivity contribution in [1.82, 2.24) is 0 Å². The Morgan fingerprint density at radius 3 is 1.82 bits per heavy atom. The monoisotopic (exact) mass is 190 g/mol. The predicted molar refractivity (Wildman–Crippen MR) is 56.0 cm³/mol. The Kier molecular flexibility index (Phi) is 15.3. The molecule has 64 valence electrons. The molecule has 2 nitrogen and oxygen atoms in total. The number of hydrogen-bond acceptors (Lipinski definition) is 4. The fourth-order valence-corrected chi connectivity index (χ4v) is 1.15. The Morgan fingerprint density at radius 1 is 1.36 bits per heavy atom. The smallest absolute Gasteiger partial charge is 0.170 e. The summed E-state index contributed by atoms with van der Waals surface area (Å²) < 4.78 is 0.813. The first-order chi connectivity index (χ1) is 5.26. The van der Waals surface area contributed by atoms with Gasteiger partial charge in [-0.3, -0.25) is 0 Å². The minimum Gasteiger partial charge on any atom is -0.170 e. The van der Waals surface area contributed by atoms with Crippen molar-refractivity contribution in [3.05, 3.63) is 0 Å². The molecule has 0 aromatic heterocycles. The van der Waals surface area contributed by atoms with E-state index in [0.29, 0.717) is 0 Å². The number of aliphatic imine (C=N–C) groups is 1. The van der Waals surface area contributed by atoms with Gasteiger partial charge in [-0.15, -0.1) is 23.5 Å². The van der Waals surface area contributed by atoms with E-state index in [1.54, 1.807) is 6.19 Å². The quantitative estimate of drug-likeness (QED) is 0.335. The normalized spacial score (nSPS) is 7.18. The standard InChI is InChI=1S/C4H6N2S2.C3H8/c1-7-4(8-2)6-3-5;1-3-2/h1-2H3;3H2,1-2H3. The van der Waals surface area contributed by atoms with Crippen molar-refractivity contribution in [3.63, 3.8) is 0 Å². The van der Waals surface area contributed by atoms with Crippen LogP contribution in [0.25, 0.3) is 0 Å². The van der Waals surface area contributed by atoms with Crippen LogP contribution in [0, 0.1) is 11.5 Å². The zero-order valence-electron chi connectivity index (χ0n) is 7.42. The van der Waals surface area contributed by atoms with Crippen LogP contribution in [-0.4, -0.2) is 16.9 Å².